The molecule has 0 aromatic heterocycles. The summed E-state index contributed by atoms with van der Waals surface area (Å²) in [7, 11) is -3.69. The van der Waals surface area contributed by atoms with E-state index in [1.807, 2.05) is 0 Å². The van der Waals surface area contributed by atoms with Crippen molar-refractivity contribution in [3.05, 3.63) is 54.1 Å². The van der Waals surface area contributed by atoms with E-state index in [1.165, 1.54) is 48.5 Å². The number of nitrogens with one attached hydrogen (secondary N) is 1. The first-order valence-corrected chi connectivity index (χ1v) is 8.02. The molecule has 0 aliphatic carbocycles. The molecule has 2 rings (SSSR count). The molecule has 21 heavy (non-hydrogen) atoms. The van der Waals surface area contributed by atoms with Crippen LogP contribution in [0.15, 0.2) is 53.4 Å². The Labute approximate surface area is 127 Å². The molecule has 0 unspecified atom stereocenters. The molecule has 0 spiro atoms. The minimum Gasteiger partial charge on any atom is -0.399 e. The highest BCUT2D eigenvalue weighted by Gasteiger charge is 2.14. The molecule has 0 amide bonds. The van der Waals surface area contributed by atoms with Crippen molar-refractivity contribution in [3.63, 3.8) is 0 Å². The van der Waals surface area contributed by atoms with E-state index >= 15 is 0 Å². The Morgan fingerprint density at radius 1 is 1.05 bits per heavy atom. The van der Waals surface area contributed by atoms with Crippen LogP contribution in [-0.4, -0.2) is 20.1 Å². The Bertz CT molecular complexity index is 741. The third-order valence-corrected chi connectivity index (χ3v) is 4.41. The second-order valence-electron chi connectivity index (χ2n) is 4.31. The standard InChI is InChI=1S/C14H13ClN2O3S/c15-9-14(18)10-1-5-12(6-2-10)17-21(19,20)13-7-3-11(16)4-8-13/h1-8,17H,9,16H2. The van der Waals surface area contributed by atoms with Gasteiger partial charge in [0.15, 0.2) is 5.78 Å². The first-order chi connectivity index (χ1) is 9.92. The molecule has 0 aliphatic heterocycles. The van der Waals surface area contributed by atoms with Gasteiger partial charge < -0.3 is 5.73 Å². The second-order valence-corrected chi connectivity index (χ2v) is 6.26. The summed E-state index contributed by atoms with van der Waals surface area (Å²) in [5, 5.41) is 0. The lowest BCUT2D eigenvalue weighted by molar-refractivity contribution is 0.102. The molecule has 0 saturated heterocycles. The largest absolute Gasteiger partial charge is 0.399 e. The summed E-state index contributed by atoms with van der Waals surface area (Å²) in [6.45, 7) is 0. The van der Waals surface area contributed by atoms with Crippen LogP contribution in [0.1, 0.15) is 10.4 Å². The van der Waals surface area contributed by atoms with Crippen molar-refractivity contribution in [3.8, 4) is 0 Å². The zero-order valence-electron chi connectivity index (χ0n) is 10.9. The van der Waals surface area contributed by atoms with Crippen LogP contribution in [0.25, 0.3) is 0 Å². The predicted molar refractivity (Wildman–Crippen MR) is 83.2 cm³/mol. The van der Waals surface area contributed by atoms with Crippen molar-refractivity contribution in [2.45, 2.75) is 4.90 Å². The number of ketones is 1. The van der Waals surface area contributed by atoms with Gasteiger partial charge in [-0.05, 0) is 48.5 Å². The van der Waals surface area contributed by atoms with Crippen LogP contribution < -0.4 is 10.5 Å². The number of alkyl halides is 1. The van der Waals surface area contributed by atoms with Gasteiger partial charge in [-0.25, -0.2) is 8.42 Å². The number of nitrogen functional groups attached to an aromatic ring is 1. The molecule has 2 aromatic carbocycles. The van der Waals surface area contributed by atoms with E-state index in [1.54, 1.807) is 0 Å². The molecule has 0 heterocycles. The fourth-order valence-corrected chi connectivity index (χ4v) is 2.88. The SMILES string of the molecule is Nc1ccc(S(=O)(=O)Nc2ccc(C(=O)CCl)cc2)cc1. The van der Waals surface area contributed by atoms with Crippen molar-refractivity contribution in [2.75, 3.05) is 16.3 Å². The van der Waals surface area contributed by atoms with Gasteiger partial charge in [0.25, 0.3) is 10.0 Å². The molecule has 2 aromatic rings. The van der Waals surface area contributed by atoms with Gasteiger partial charge >= 0.3 is 0 Å². The van der Waals surface area contributed by atoms with Gasteiger partial charge in [0.1, 0.15) is 0 Å². The Balaban J connectivity index is 2.20. The number of carbonyl (C=O) groups is 1. The number of nitrogens with two attached hydrogens (primary N) is 1. The molecule has 0 atom stereocenters. The van der Waals surface area contributed by atoms with Crippen molar-refractivity contribution in [1.29, 1.82) is 0 Å². The Morgan fingerprint density at radius 3 is 2.14 bits per heavy atom. The third kappa shape index (κ3) is 3.74. The van der Waals surface area contributed by atoms with E-state index in [0.29, 0.717) is 16.9 Å². The second kappa shape index (κ2) is 6.15. The zero-order chi connectivity index (χ0) is 15.5. The van der Waals surface area contributed by atoms with Gasteiger partial charge in [-0.15, -0.1) is 11.6 Å². The van der Waals surface area contributed by atoms with Crippen molar-refractivity contribution >= 4 is 38.8 Å². The highest BCUT2D eigenvalue weighted by Crippen LogP contribution is 2.18. The maximum atomic E-state index is 12.1. The van der Waals surface area contributed by atoms with Crippen LogP contribution in [0.4, 0.5) is 11.4 Å². The van der Waals surface area contributed by atoms with Gasteiger partial charge in [-0.2, -0.15) is 0 Å². The molecular formula is C14H13ClN2O3S. The molecular weight excluding hydrogens is 312 g/mol. The van der Waals surface area contributed by atoms with Crippen LogP contribution in [0.2, 0.25) is 0 Å². The third-order valence-electron chi connectivity index (χ3n) is 2.77. The summed E-state index contributed by atoms with van der Waals surface area (Å²) in [4.78, 5) is 11.5. The van der Waals surface area contributed by atoms with E-state index in [0.717, 1.165) is 0 Å². The highest BCUT2D eigenvalue weighted by atomic mass is 35.5. The molecule has 7 heteroatoms. The van der Waals surface area contributed by atoms with Crippen LogP contribution in [0.3, 0.4) is 0 Å². The Kier molecular flexibility index (Phi) is 4.50. The van der Waals surface area contributed by atoms with Crippen molar-refractivity contribution in [2.24, 2.45) is 0 Å². The van der Waals surface area contributed by atoms with Gasteiger partial charge in [0.2, 0.25) is 0 Å². The maximum absolute atomic E-state index is 12.1. The number of anilines is 2. The van der Waals surface area contributed by atoms with Gasteiger partial charge in [-0.3, -0.25) is 9.52 Å². The number of halogens is 1. The average Bonchev–Trinajstić information content (AvgIpc) is 2.47. The normalized spacial score (nSPS) is 11.1. The monoisotopic (exact) mass is 324 g/mol. The van der Waals surface area contributed by atoms with Crippen molar-refractivity contribution < 1.29 is 13.2 Å². The summed E-state index contributed by atoms with van der Waals surface area (Å²) in [5.74, 6) is -0.333. The summed E-state index contributed by atoms with van der Waals surface area (Å²) in [5.41, 5.74) is 6.80. The van der Waals surface area contributed by atoms with Gasteiger partial charge in [-0.1, -0.05) is 0 Å². The first-order valence-electron chi connectivity index (χ1n) is 6.00. The minimum absolute atomic E-state index is 0.109. The summed E-state index contributed by atoms with van der Waals surface area (Å²) < 4.78 is 26.7. The van der Waals surface area contributed by atoms with E-state index in [9.17, 15) is 13.2 Å². The number of carbonyl (C=O) groups excluding carboxylic acids is 1. The van der Waals surface area contributed by atoms with Crippen LogP contribution in [0.5, 0.6) is 0 Å². The molecule has 0 radical (unpaired) electrons. The topological polar surface area (TPSA) is 89.3 Å². The summed E-state index contributed by atoms with van der Waals surface area (Å²) in [6.07, 6.45) is 0. The number of sulfonamides is 1. The lowest BCUT2D eigenvalue weighted by atomic mass is 10.1. The minimum atomic E-state index is -3.69. The first kappa shape index (κ1) is 15.3. The molecule has 3 N–H and O–H groups in total. The fraction of sp³-hybridized carbons (Fsp3) is 0.0714. The summed E-state index contributed by atoms with van der Waals surface area (Å²) in [6, 6.07) is 11.9. The quantitative estimate of drug-likeness (QED) is 0.502. The molecule has 5 nitrogen and oxygen atoms in total. The lowest BCUT2D eigenvalue weighted by Crippen LogP contribution is -2.13. The van der Waals surface area contributed by atoms with Crippen molar-refractivity contribution in [1.82, 2.24) is 0 Å². The number of hydrogen-bond acceptors (Lipinski definition) is 4. The zero-order valence-corrected chi connectivity index (χ0v) is 12.5. The molecule has 0 aliphatic rings. The molecule has 0 fully saturated rings. The molecule has 110 valence electrons. The Morgan fingerprint density at radius 2 is 1.62 bits per heavy atom. The average molecular weight is 325 g/mol. The number of hydrogen-bond donors (Lipinski definition) is 2. The maximum Gasteiger partial charge on any atom is 0.261 e. The Hall–Kier alpha value is -2.05. The van der Waals surface area contributed by atoms with E-state index in [-0.39, 0.29) is 16.6 Å². The number of rotatable bonds is 5. The van der Waals surface area contributed by atoms with Crippen LogP contribution in [-0.2, 0) is 10.0 Å². The smallest absolute Gasteiger partial charge is 0.261 e. The van der Waals surface area contributed by atoms with E-state index in [2.05, 4.69) is 4.72 Å². The van der Waals surface area contributed by atoms with Gasteiger partial charge in [0.05, 0.1) is 10.8 Å². The predicted octanol–water partition coefficient (Wildman–Crippen LogP) is 2.49. The highest BCUT2D eigenvalue weighted by molar-refractivity contribution is 7.92. The number of Topliss-reactive ketones (excluding diaryl/α,β-unsaturated/α-hetero) is 1. The van der Waals surface area contributed by atoms with Crippen LogP contribution in [0, 0.1) is 0 Å². The van der Waals surface area contributed by atoms with E-state index < -0.39 is 10.0 Å². The fourth-order valence-electron chi connectivity index (χ4n) is 1.66. The molecule has 0 bridgehead atoms. The lowest BCUT2D eigenvalue weighted by Gasteiger charge is -2.08. The van der Waals surface area contributed by atoms with Crippen LogP contribution >= 0.6 is 11.6 Å². The number of benzene rings is 2. The summed E-state index contributed by atoms with van der Waals surface area (Å²) >= 11 is 5.45. The van der Waals surface area contributed by atoms with Gasteiger partial charge in [0, 0.05) is 16.9 Å². The molecule has 0 saturated carbocycles. The van der Waals surface area contributed by atoms with E-state index in [4.69, 9.17) is 17.3 Å².